The number of hydrogen-bond acceptors (Lipinski definition) is 8. The van der Waals surface area contributed by atoms with Gasteiger partial charge in [0, 0.05) is 25.5 Å². The number of esters is 1. The molecule has 0 aromatic heterocycles. The van der Waals surface area contributed by atoms with Crippen molar-refractivity contribution in [3.8, 4) is 0 Å². The zero-order valence-electron chi connectivity index (χ0n) is 30.3. The lowest BCUT2D eigenvalue weighted by atomic mass is 9.87. The van der Waals surface area contributed by atoms with Gasteiger partial charge in [-0.3, -0.25) is 19.2 Å². The first-order valence-corrected chi connectivity index (χ1v) is 18.4. The third-order valence-corrected chi connectivity index (χ3v) is 9.30. The molecule has 0 spiro atoms. The quantitative estimate of drug-likeness (QED) is 0.0689. The summed E-state index contributed by atoms with van der Waals surface area (Å²) in [6, 6.07) is 25.1. The number of nitrogens with zero attached hydrogens (tertiary/aromatic N) is 1. The SMILES string of the molecule is CC(=O)O[C@@H](C(=O)C=C(C(=O)CCCCCCCCCCO)c1cccc(C)c1)[C@@H](Cc1ccccc1)C(=O)N1C(=O)OC[C@H]1Cc1ccccc1. The highest BCUT2D eigenvalue weighted by Gasteiger charge is 2.45. The van der Waals surface area contributed by atoms with Crippen molar-refractivity contribution in [3.63, 3.8) is 0 Å². The zero-order chi connectivity index (χ0) is 37.3. The third kappa shape index (κ3) is 12.1. The molecule has 0 bridgehead atoms. The van der Waals surface area contributed by atoms with Gasteiger partial charge in [-0.15, -0.1) is 0 Å². The van der Waals surface area contributed by atoms with Crippen molar-refractivity contribution in [3.05, 3.63) is 113 Å². The lowest BCUT2D eigenvalue weighted by Crippen LogP contribution is -2.49. The predicted molar refractivity (Wildman–Crippen MR) is 199 cm³/mol. The number of unbranched alkanes of at least 4 members (excludes halogenated alkanes) is 7. The first kappa shape index (κ1) is 39.9. The number of hydrogen-bond donors (Lipinski definition) is 1. The lowest BCUT2D eigenvalue weighted by molar-refractivity contribution is -0.158. The summed E-state index contributed by atoms with van der Waals surface area (Å²) in [6.07, 6.45) is 6.86. The Kier molecular flexibility index (Phi) is 16.0. The molecule has 1 saturated heterocycles. The van der Waals surface area contributed by atoms with Gasteiger partial charge in [0.1, 0.15) is 6.61 Å². The summed E-state index contributed by atoms with van der Waals surface area (Å²) in [6.45, 7) is 3.26. The molecule has 52 heavy (non-hydrogen) atoms. The van der Waals surface area contributed by atoms with E-state index in [1.54, 1.807) is 30.3 Å². The third-order valence-electron chi connectivity index (χ3n) is 9.30. The summed E-state index contributed by atoms with van der Waals surface area (Å²) >= 11 is 0. The van der Waals surface area contributed by atoms with Crippen LogP contribution in [0.1, 0.15) is 87.0 Å². The average Bonchev–Trinajstić information content (AvgIpc) is 3.50. The molecule has 3 aromatic rings. The normalized spacial score (nSPS) is 15.5. The summed E-state index contributed by atoms with van der Waals surface area (Å²) in [5.41, 5.74) is 3.24. The molecule has 3 aromatic carbocycles. The summed E-state index contributed by atoms with van der Waals surface area (Å²) in [5, 5.41) is 8.96. The summed E-state index contributed by atoms with van der Waals surface area (Å²) in [7, 11) is 0. The van der Waals surface area contributed by atoms with Gasteiger partial charge in [0.25, 0.3) is 0 Å². The average molecular weight is 710 g/mol. The predicted octanol–water partition coefficient (Wildman–Crippen LogP) is 7.40. The van der Waals surface area contributed by atoms with Crippen molar-refractivity contribution in [2.75, 3.05) is 13.2 Å². The maximum Gasteiger partial charge on any atom is 0.416 e. The largest absolute Gasteiger partial charge is 0.453 e. The highest BCUT2D eigenvalue weighted by atomic mass is 16.6. The Morgan fingerprint density at radius 3 is 2.08 bits per heavy atom. The molecule has 1 heterocycles. The van der Waals surface area contributed by atoms with Gasteiger partial charge in [-0.25, -0.2) is 9.69 Å². The Hall–Kier alpha value is -4.89. The van der Waals surface area contributed by atoms with Crippen LogP contribution >= 0.6 is 0 Å². The second-order valence-corrected chi connectivity index (χ2v) is 13.5. The molecule has 4 rings (SSSR count). The van der Waals surface area contributed by atoms with Crippen LogP contribution in [0, 0.1) is 12.8 Å². The Morgan fingerprint density at radius 1 is 0.846 bits per heavy atom. The number of amides is 2. The monoisotopic (exact) mass is 709 g/mol. The molecule has 9 nitrogen and oxygen atoms in total. The number of allylic oxidation sites excluding steroid dienone is 1. The standard InChI is InChI=1S/C43H51NO8/c1-31-18-17-23-35(26-31)37(39(47)24-15-7-5-3-4-6-8-16-25-45)29-40(48)41(52-32(2)46)38(28-34-21-13-10-14-22-34)42(49)44-36(30-51-43(44)50)27-33-19-11-9-12-20-33/h9-14,17-23,26,29,36,38,41,45H,3-8,15-16,24-25,27-28,30H2,1-2H3/t36-,38-,41-/m1/s1. The molecule has 276 valence electrons. The molecule has 3 atom stereocenters. The maximum atomic E-state index is 14.5. The molecule has 0 unspecified atom stereocenters. The fourth-order valence-electron chi connectivity index (χ4n) is 6.61. The van der Waals surface area contributed by atoms with E-state index in [0.717, 1.165) is 67.9 Å². The van der Waals surface area contributed by atoms with Crippen LogP contribution in [-0.4, -0.2) is 64.9 Å². The van der Waals surface area contributed by atoms with Crippen LogP contribution in [0.5, 0.6) is 0 Å². The van der Waals surface area contributed by atoms with Crippen LogP contribution in [0.2, 0.25) is 0 Å². The molecule has 0 aliphatic carbocycles. The van der Waals surface area contributed by atoms with Gasteiger partial charge in [-0.2, -0.15) is 0 Å². The molecular formula is C43H51NO8. The molecule has 2 amide bonds. The van der Waals surface area contributed by atoms with E-state index >= 15 is 0 Å². The van der Waals surface area contributed by atoms with E-state index < -0.39 is 41.8 Å². The number of aliphatic hydroxyl groups is 1. The lowest BCUT2D eigenvalue weighted by Gasteiger charge is -2.29. The van der Waals surface area contributed by atoms with Gasteiger partial charge >= 0.3 is 12.1 Å². The van der Waals surface area contributed by atoms with E-state index in [4.69, 9.17) is 14.6 Å². The molecule has 9 heteroatoms. The smallest absolute Gasteiger partial charge is 0.416 e. The molecule has 0 saturated carbocycles. The van der Waals surface area contributed by atoms with Gasteiger partial charge in [0.15, 0.2) is 17.7 Å². The fraction of sp³-hybridized carbons (Fsp3) is 0.419. The van der Waals surface area contributed by atoms with Crippen LogP contribution in [0.3, 0.4) is 0 Å². The molecule has 1 fully saturated rings. The van der Waals surface area contributed by atoms with E-state index in [-0.39, 0.29) is 37.4 Å². The number of carbonyl (C=O) groups excluding carboxylic acids is 5. The molecule has 1 aliphatic heterocycles. The maximum absolute atomic E-state index is 14.5. The van der Waals surface area contributed by atoms with Gasteiger partial charge in [-0.05, 0) is 55.4 Å². The summed E-state index contributed by atoms with van der Waals surface area (Å²) in [4.78, 5) is 69.4. The zero-order valence-corrected chi connectivity index (χ0v) is 30.3. The van der Waals surface area contributed by atoms with E-state index in [9.17, 15) is 24.0 Å². The van der Waals surface area contributed by atoms with Gasteiger partial charge in [-0.1, -0.05) is 129 Å². The van der Waals surface area contributed by atoms with Crippen LogP contribution in [0.15, 0.2) is 91.0 Å². The van der Waals surface area contributed by atoms with Gasteiger partial charge in [0.05, 0.1) is 12.0 Å². The van der Waals surface area contributed by atoms with E-state index in [2.05, 4.69) is 0 Å². The van der Waals surface area contributed by atoms with Crippen molar-refractivity contribution >= 4 is 35.1 Å². The Balaban J connectivity index is 1.63. The van der Waals surface area contributed by atoms with E-state index in [1.165, 1.54) is 6.08 Å². The number of rotatable bonds is 21. The second kappa shape index (κ2) is 20.8. The van der Waals surface area contributed by atoms with E-state index in [1.807, 2.05) is 61.5 Å². The van der Waals surface area contributed by atoms with Gasteiger partial charge in [0.2, 0.25) is 5.91 Å². The molecule has 0 radical (unpaired) electrons. The van der Waals surface area contributed by atoms with Gasteiger partial charge < -0.3 is 14.6 Å². The Bertz CT molecular complexity index is 1670. The fourth-order valence-corrected chi connectivity index (χ4v) is 6.61. The number of Topliss-reactive ketones (excluding diaryl/α,β-unsaturated/α-hetero) is 1. The first-order chi connectivity index (χ1) is 25.2. The van der Waals surface area contributed by atoms with Crippen molar-refractivity contribution in [2.45, 2.75) is 96.6 Å². The topological polar surface area (TPSA) is 127 Å². The summed E-state index contributed by atoms with van der Waals surface area (Å²) in [5.74, 6) is -3.70. The molecular weight excluding hydrogens is 658 g/mol. The van der Waals surface area contributed by atoms with Crippen molar-refractivity contribution in [2.24, 2.45) is 5.92 Å². The molecule has 1 N–H and O–H groups in total. The number of aryl methyl sites for hydroxylation is 1. The summed E-state index contributed by atoms with van der Waals surface area (Å²) < 4.78 is 11.0. The number of benzene rings is 3. The first-order valence-electron chi connectivity index (χ1n) is 18.4. The number of imide groups is 1. The van der Waals surface area contributed by atoms with Crippen LogP contribution in [0.4, 0.5) is 4.79 Å². The number of ether oxygens (including phenoxy) is 2. The minimum atomic E-state index is -1.62. The highest BCUT2D eigenvalue weighted by molar-refractivity contribution is 6.25. The number of ketones is 2. The highest BCUT2D eigenvalue weighted by Crippen LogP contribution is 2.28. The minimum Gasteiger partial charge on any atom is -0.453 e. The Morgan fingerprint density at radius 2 is 1.46 bits per heavy atom. The van der Waals surface area contributed by atoms with Crippen LogP contribution in [-0.2, 0) is 41.5 Å². The minimum absolute atomic E-state index is 0.00718. The van der Waals surface area contributed by atoms with Crippen LogP contribution in [0.25, 0.3) is 5.57 Å². The second-order valence-electron chi connectivity index (χ2n) is 13.5. The van der Waals surface area contributed by atoms with Crippen molar-refractivity contribution in [1.82, 2.24) is 4.90 Å². The van der Waals surface area contributed by atoms with E-state index in [0.29, 0.717) is 24.0 Å². The Labute approximate surface area is 307 Å². The van der Waals surface area contributed by atoms with Crippen molar-refractivity contribution in [1.29, 1.82) is 0 Å². The van der Waals surface area contributed by atoms with Crippen LogP contribution < -0.4 is 0 Å². The number of carbonyl (C=O) groups is 5. The van der Waals surface area contributed by atoms with Crippen molar-refractivity contribution < 1.29 is 38.6 Å². The molecule has 1 aliphatic rings. The number of cyclic esters (lactones) is 1. The number of aliphatic hydroxyl groups excluding tert-OH is 1.